The fourth-order valence-corrected chi connectivity index (χ4v) is 2.99. The predicted octanol–water partition coefficient (Wildman–Crippen LogP) is 3.66. The van der Waals surface area contributed by atoms with E-state index in [0.717, 1.165) is 11.3 Å². The van der Waals surface area contributed by atoms with Gasteiger partial charge in [-0.2, -0.15) is 0 Å². The van der Waals surface area contributed by atoms with Crippen LogP contribution in [-0.2, 0) is 11.2 Å². The smallest absolute Gasteiger partial charge is 0.228 e. The number of nitrogens with zero attached hydrogens (tertiary/aromatic N) is 2. The van der Waals surface area contributed by atoms with Crippen molar-refractivity contribution in [2.24, 2.45) is 0 Å². The van der Waals surface area contributed by atoms with E-state index in [1.54, 1.807) is 36.7 Å². The van der Waals surface area contributed by atoms with E-state index in [9.17, 15) is 9.90 Å². The van der Waals surface area contributed by atoms with Crippen molar-refractivity contribution in [1.29, 1.82) is 0 Å². The minimum atomic E-state index is -0.0472. The van der Waals surface area contributed by atoms with Gasteiger partial charge in [-0.3, -0.25) is 4.79 Å². The Morgan fingerprint density at radius 1 is 1.08 bits per heavy atom. The number of phenolic OH excluding ortho intramolecular Hbond substituents is 1. The molecule has 2 aromatic carbocycles. The molecule has 1 aliphatic rings. The number of amides is 1. The standard InChI is InChI=1S/C18H12ClN3O2/c19-14-7-15-10(6-17(24)22-15)5-13(14)18-20-8-11(9-21-18)12-3-1-2-4-16(12)23/h1-5,7-9,23H,6H2,(H,22,24). The number of halogens is 1. The molecule has 5 nitrogen and oxygen atoms in total. The average molecular weight is 338 g/mol. The topological polar surface area (TPSA) is 75.1 Å². The lowest BCUT2D eigenvalue weighted by atomic mass is 10.1. The molecule has 2 N–H and O–H groups in total. The Labute approximate surface area is 143 Å². The summed E-state index contributed by atoms with van der Waals surface area (Å²) in [6, 6.07) is 10.6. The van der Waals surface area contributed by atoms with Crippen LogP contribution in [0.15, 0.2) is 48.8 Å². The van der Waals surface area contributed by atoms with Gasteiger partial charge in [-0.05, 0) is 23.8 Å². The van der Waals surface area contributed by atoms with Crippen molar-refractivity contribution in [3.63, 3.8) is 0 Å². The quantitative estimate of drug-likeness (QED) is 0.748. The highest BCUT2D eigenvalue weighted by molar-refractivity contribution is 6.33. The molecule has 0 spiro atoms. The van der Waals surface area contributed by atoms with E-state index in [4.69, 9.17) is 11.6 Å². The lowest BCUT2D eigenvalue weighted by Gasteiger charge is -2.08. The minimum Gasteiger partial charge on any atom is -0.507 e. The molecule has 1 amide bonds. The van der Waals surface area contributed by atoms with Crippen molar-refractivity contribution in [3.05, 3.63) is 59.4 Å². The van der Waals surface area contributed by atoms with Crippen LogP contribution >= 0.6 is 11.6 Å². The van der Waals surface area contributed by atoms with Crippen molar-refractivity contribution >= 4 is 23.2 Å². The molecule has 24 heavy (non-hydrogen) atoms. The highest BCUT2D eigenvalue weighted by atomic mass is 35.5. The summed E-state index contributed by atoms with van der Waals surface area (Å²) in [6.45, 7) is 0. The number of nitrogens with one attached hydrogen (secondary N) is 1. The first-order valence-electron chi connectivity index (χ1n) is 7.35. The predicted molar refractivity (Wildman–Crippen MR) is 91.9 cm³/mol. The summed E-state index contributed by atoms with van der Waals surface area (Å²) in [7, 11) is 0. The number of carbonyl (C=O) groups excluding carboxylic acids is 1. The number of fused-ring (bicyclic) bond motifs is 1. The van der Waals surface area contributed by atoms with Gasteiger partial charge in [0.05, 0.1) is 11.4 Å². The number of carbonyl (C=O) groups is 1. The van der Waals surface area contributed by atoms with Crippen LogP contribution in [-0.4, -0.2) is 21.0 Å². The van der Waals surface area contributed by atoms with Crippen LogP contribution in [0.3, 0.4) is 0 Å². The molecule has 1 aromatic heterocycles. The molecule has 0 unspecified atom stereocenters. The third kappa shape index (κ3) is 2.49. The second kappa shape index (κ2) is 5.62. The number of aromatic hydroxyl groups is 1. The number of hydrogen-bond donors (Lipinski definition) is 2. The zero-order valence-corrected chi connectivity index (χ0v) is 13.2. The molecular weight excluding hydrogens is 326 g/mol. The Morgan fingerprint density at radius 2 is 1.83 bits per heavy atom. The maximum absolute atomic E-state index is 11.5. The second-order valence-corrected chi connectivity index (χ2v) is 5.93. The monoisotopic (exact) mass is 337 g/mol. The molecule has 0 radical (unpaired) electrons. The van der Waals surface area contributed by atoms with Gasteiger partial charge in [0.2, 0.25) is 5.91 Å². The van der Waals surface area contributed by atoms with E-state index in [2.05, 4.69) is 15.3 Å². The summed E-state index contributed by atoms with van der Waals surface area (Å²) >= 11 is 6.30. The number of rotatable bonds is 2. The molecule has 2 heterocycles. The van der Waals surface area contributed by atoms with E-state index < -0.39 is 0 Å². The lowest BCUT2D eigenvalue weighted by Crippen LogP contribution is -2.03. The van der Waals surface area contributed by atoms with Crippen molar-refractivity contribution in [3.8, 4) is 28.3 Å². The van der Waals surface area contributed by atoms with E-state index in [1.807, 2.05) is 12.1 Å². The maximum atomic E-state index is 11.5. The molecule has 4 rings (SSSR count). The Balaban J connectivity index is 1.73. The summed E-state index contributed by atoms with van der Waals surface area (Å²) in [5.41, 5.74) is 3.67. The number of aromatic nitrogens is 2. The van der Waals surface area contributed by atoms with Gasteiger partial charge in [0, 0.05) is 34.8 Å². The van der Waals surface area contributed by atoms with E-state index in [1.165, 1.54) is 0 Å². The Morgan fingerprint density at radius 3 is 2.58 bits per heavy atom. The Bertz CT molecular complexity index is 955. The first-order chi connectivity index (χ1) is 11.6. The van der Waals surface area contributed by atoms with Gasteiger partial charge in [0.15, 0.2) is 5.82 Å². The first kappa shape index (κ1) is 14.7. The van der Waals surface area contributed by atoms with Crippen molar-refractivity contribution in [2.75, 3.05) is 5.32 Å². The summed E-state index contributed by atoms with van der Waals surface area (Å²) < 4.78 is 0. The Hall–Kier alpha value is -2.92. The summed E-state index contributed by atoms with van der Waals surface area (Å²) in [5.74, 6) is 0.601. The molecule has 0 saturated heterocycles. The fourth-order valence-electron chi connectivity index (χ4n) is 2.74. The normalized spacial score (nSPS) is 12.8. The van der Waals surface area contributed by atoms with Gasteiger partial charge in [0.25, 0.3) is 0 Å². The molecule has 0 fully saturated rings. The van der Waals surface area contributed by atoms with Crippen LogP contribution < -0.4 is 5.32 Å². The van der Waals surface area contributed by atoms with Crippen LogP contribution in [0, 0.1) is 0 Å². The Kier molecular flexibility index (Phi) is 3.43. The largest absolute Gasteiger partial charge is 0.507 e. The lowest BCUT2D eigenvalue weighted by molar-refractivity contribution is -0.115. The molecule has 3 aromatic rings. The van der Waals surface area contributed by atoms with Gasteiger partial charge in [0.1, 0.15) is 5.75 Å². The number of benzene rings is 2. The maximum Gasteiger partial charge on any atom is 0.228 e. The third-order valence-electron chi connectivity index (χ3n) is 3.93. The van der Waals surface area contributed by atoms with Gasteiger partial charge in [-0.25, -0.2) is 9.97 Å². The molecule has 118 valence electrons. The van der Waals surface area contributed by atoms with E-state index >= 15 is 0 Å². The summed E-state index contributed by atoms with van der Waals surface area (Å²) in [5, 5.41) is 13.1. The molecule has 0 aliphatic carbocycles. The highest BCUT2D eigenvalue weighted by Crippen LogP contribution is 2.35. The van der Waals surface area contributed by atoms with E-state index in [-0.39, 0.29) is 11.7 Å². The highest BCUT2D eigenvalue weighted by Gasteiger charge is 2.21. The van der Waals surface area contributed by atoms with Crippen LogP contribution in [0.5, 0.6) is 5.75 Å². The fraction of sp³-hybridized carbons (Fsp3) is 0.0556. The molecule has 1 aliphatic heterocycles. The van der Waals surface area contributed by atoms with Gasteiger partial charge in [-0.1, -0.05) is 29.8 Å². The van der Waals surface area contributed by atoms with Crippen molar-refractivity contribution in [2.45, 2.75) is 6.42 Å². The van der Waals surface area contributed by atoms with Gasteiger partial charge < -0.3 is 10.4 Å². The SMILES string of the molecule is O=C1Cc2cc(-c3ncc(-c4ccccc4O)cn3)c(Cl)cc2N1. The minimum absolute atomic E-state index is 0.0472. The molecule has 0 bridgehead atoms. The van der Waals surface area contributed by atoms with Crippen molar-refractivity contribution in [1.82, 2.24) is 9.97 Å². The number of hydrogen-bond acceptors (Lipinski definition) is 4. The summed E-state index contributed by atoms with van der Waals surface area (Å²) in [4.78, 5) is 20.2. The second-order valence-electron chi connectivity index (χ2n) is 5.53. The number of para-hydroxylation sites is 1. The molecule has 6 heteroatoms. The average Bonchev–Trinajstić information content (AvgIpc) is 2.94. The van der Waals surface area contributed by atoms with Crippen LogP contribution in [0.4, 0.5) is 5.69 Å². The molecule has 0 atom stereocenters. The zero-order chi connectivity index (χ0) is 16.7. The van der Waals surface area contributed by atoms with Gasteiger partial charge >= 0.3 is 0 Å². The van der Waals surface area contributed by atoms with Crippen LogP contribution in [0.1, 0.15) is 5.56 Å². The molecular formula is C18H12ClN3O2. The zero-order valence-electron chi connectivity index (χ0n) is 12.5. The summed E-state index contributed by atoms with van der Waals surface area (Å²) in [6.07, 6.45) is 3.62. The number of phenols is 1. The third-order valence-corrected chi connectivity index (χ3v) is 4.24. The van der Waals surface area contributed by atoms with Gasteiger partial charge in [-0.15, -0.1) is 0 Å². The van der Waals surface area contributed by atoms with Crippen molar-refractivity contribution < 1.29 is 9.90 Å². The molecule has 0 saturated carbocycles. The van der Waals surface area contributed by atoms with Crippen LogP contribution in [0.2, 0.25) is 5.02 Å². The van der Waals surface area contributed by atoms with E-state index in [0.29, 0.717) is 34.0 Å². The first-order valence-corrected chi connectivity index (χ1v) is 7.72. The number of anilines is 1. The van der Waals surface area contributed by atoms with Crippen LogP contribution in [0.25, 0.3) is 22.5 Å².